The maximum absolute atomic E-state index is 4.51. The van der Waals surface area contributed by atoms with E-state index in [0.29, 0.717) is 6.04 Å². The third-order valence-electron chi connectivity index (χ3n) is 3.43. The molecule has 1 heterocycles. The van der Waals surface area contributed by atoms with E-state index in [4.69, 9.17) is 0 Å². The van der Waals surface area contributed by atoms with Crippen LogP contribution in [0.4, 0.5) is 0 Å². The van der Waals surface area contributed by atoms with Crippen LogP contribution in [-0.2, 0) is 19.5 Å². The molecule has 0 amide bonds. The van der Waals surface area contributed by atoms with Crippen LogP contribution in [0.5, 0.6) is 0 Å². The zero-order valence-corrected chi connectivity index (χ0v) is 12.8. The van der Waals surface area contributed by atoms with Gasteiger partial charge in [-0.1, -0.05) is 45.0 Å². The van der Waals surface area contributed by atoms with Crippen LogP contribution in [0.1, 0.15) is 44.1 Å². The largest absolute Gasteiger partial charge is 0.335 e. The standard InChI is InChI=1S/C17H25N3/c1-4-10-20-11-9-18-17(20)12-15-7-5-6-8-16(15)13-19-14(2)3/h5-9,11,14,19H,4,10,12-13H2,1-3H3. The molecule has 0 aliphatic carbocycles. The molecule has 0 saturated heterocycles. The van der Waals surface area contributed by atoms with Crippen molar-refractivity contribution in [1.29, 1.82) is 0 Å². The molecule has 1 N–H and O–H groups in total. The quantitative estimate of drug-likeness (QED) is 0.836. The highest BCUT2D eigenvalue weighted by Crippen LogP contribution is 2.14. The van der Waals surface area contributed by atoms with E-state index in [2.05, 4.69) is 66.1 Å². The normalized spacial score (nSPS) is 11.2. The molecule has 0 saturated carbocycles. The summed E-state index contributed by atoms with van der Waals surface area (Å²) in [7, 11) is 0. The fourth-order valence-electron chi connectivity index (χ4n) is 2.34. The van der Waals surface area contributed by atoms with E-state index in [0.717, 1.165) is 31.8 Å². The van der Waals surface area contributed by atoms with E-state index >= 15 is 0 Å². The summed E-state index contributed by atoms with van der Waals surface area (Å²) in [5.74, 6) is 1.16. The van der Waals surface area contributed by atoms with Gasteiger partial charge in [0, 0.05) is 37.9 Å². The monoisotopic (exact) mass is 271 g/mol. The van der Waals surface area contributed by atoms with E-state index in [1.54, 1.807) is 0 Å². The second-order valence-electron chi connectivity index (χ2n) is 5.52. The Morgan fingerprint density at radius 3 is 2.65 bits per heavy atom. The van der Waals surface area contributed by atoms with Gasteiger partial charge >= 0.3 is 0 Å². The predicted molar refractivity (Wildman–Crippen MR) is 83.7 cm³/mol. The maximum atomic E-state index is 4.51. The highest BCUT2D eigenvalue weighted by molar-refractivity contribution is 5.29. The Labute approximate surface area is 122 Å². The molecule has 0 aliphatic rings. The number of aromatic nitrogens is 2. The maximum Gasteiger partial charge on any atom is 0.113 e. The molecule has 0 aliphatic heterocycles. The van der Waals surface area contributed by atoms with Crippen LogP contribution in [0.3, 0.4) is 0 Å². The Kier molecular flexibility index (Phi) is 5.36. The van der Waals surface area contributed by atoms with Crippen LogP contribution in [0.25, 0.3) is 0 Å². The minimum Gasteiger partial charge on any atom is -0.335 e. The van der Waals surface area contributed by atoms with E-state index in [-0.39, 0.29) is 0 Å². The number of nitrogens with one attached hydrogen (secondary N) is 1. The minimum absolute atomic E-state index is 0.505. The Bertz CT molecular complexity index is 529. The van der Waals surface area contributed by atoms with Gasteiger partial charge < -0.3 is 9.88 Å². The van der Waals surface area contributed by atoms with Crippen molar-refractivity contribution in [2.45, 2.75) is 52.7 Å². The first-order valence-corrected chi connectivity index (χ1v) is 7.51. The molecule has 20 heavy (non-hydrogen) atoms. The van der Waals surface area contributed by atoms with E-state index in [1.807, 2.05) is 6.20 Å². The zero-order chi connectivity index (χ0) is 14.4. The molecular weight excluding hydrogens is 246 g/mol. The molecule has 0 fully saturated rings. The Balaban J connectivity index is 2.14. The van der Waals surface area contributed by atoms with Crippen molar-refractivity contribution in [3.63, 3.8) is 0 Å². The van der Waals surface area contributed by atoms with Gasteiger partial charge in [0.2, 0.25) is 0 Å². The van der Waals surface area contributed by atoms with Crippen LogP contribution < -0.4 is 5.32 Å². The van der Waals surface area contributed by atoms with Gasteiger partial charge in [0.25, 0.3) is 0 Å². The highest BCUT2D eigenvalue weighted by atomic mass is 15.1. The summed E-state index contributed by atoms with van der Waals surface area (Å²) in [4.78, 5) is 4.51. The first-order chi connectivity index (χ1) is 9.70. The van der Waals surface area contributed by atoms with Crippen molar-refractivity contribution >= 4 is 0 Å². The lowest BCUT2D eigenvalue weighted by atomic mass is 10.0. The Morgan fingerprint density at radius 1 is 1.20 bits per heavy atom. The van der Waals surface area contributed by atoms with E-state index in [9.17, 15) is 0 Å². The van der Waals surface area contributed by atoms with E-state index < -0.39 is 0 Å². The summed E-state index contributed by atoms with van der Waals surface area (Å²) in [5, 5.41) is 3.49. The Morgan fingerprint density at radius 2 is 1.95 bits per heavy atom. The van der Waals surface area contributed by atoms with Crippen LogP contribution in [-0.4, -0.2) is 15.6 Å². The molecule has 3 heteroatoms. The molecular formula is C17H25N3. The third kappa shape index (κ3) is 3.94. The molecule has 1 aromatic carbocycles. The number of imidazole rings is 1. The van der Waals surface area contributed by atoms with Crippen molar-refractivity contribution in [1.82, 2.24) is 14.9 Å². The molecule has 0 bridgehead atoms. The second kappa shape index (κ2) is 7.25. The average Bonchev–Trinajstić information content (AvgIpc) is 2.85. The number of benzene rings is 1. The molecule has 2 aromatic rings. The van der Waals surface area contributed by atoms with Gasteiger partial charge in [0.05, 0.1) is 0 Å². The van der Waals surface area contributed by atoms with Crippen molar-refractivity contribution in [3.05, 3.63) is 53.6 Å². The minimum atomic E-state index is 0.505. The number of aryl methyl sites for hydroxylation is 1. The van der Waals surface area contributed by atoms with Crippen molar-refractivity contribution in [3.8, 4) is 0 Å². The summed E-state index contributed by atoms with van der Waals surface area (Å²) in [6.45, 7) is 8.52. The van der Waals surface area contributed by atoms with Gasteiger partial charge in [0.15, 0.2) is 0 Å². The summed E-state index contributed by atoms with van der Waals surface area (Å²) < 4.78 is 2.26. The fourth-order valence-corrected chi connectivity index (χ4v) is 2.34. The smallest absolute Gasteiger partial charge is 0.113 e. The van der Waals surface area contributed by atoms with Gasteiger partial charge in [0.1, 0.15) is 5.82 Å². The molecule has 0 radical (unpaired) electrons. The fraction of sp³-hybridized carbons (Fsp3) is 0.471. The molecule has 0 atom stereocenters. The summed E-state index contributed by atoms with van der Waals surface area (Å²) >= 11 is 0. The molecule has 1 aromatic heterocycles. The molecule has 0 unspecified atom stereocenters. The number of hydrogen-bond donors (Lipinski definition) is 1. The second-order valence-corrected chi connectivity index (χ2v) is 5.52. The predicted octanol–water partition coefficient (Wildman–Crippen LogP) is 3.38. The highest BCUT2D eigenvalue weighted by Gasteiger charge is 2.07. The van der Waals surface area contributed by atoms with Crippen molar-refractivity contribution in [2.75, 3.05) is 0 Å². The Hall–Kier alpha value is -1.61. The van der Waals surface area contributed by atoms with Gasteiger partial charge in [-0.2, -0.15) is 0 Å². The summed E-state index contributed by atoms with van der Waals surface area (Å²) in [6, 6.07) is 9.14. The number of nitrogens with zero attached hydrogens (tertiary/aromatic N) is 2. The topological polar surface area (TPSA) is 29.9 Å². The lowest BCUT2D eigenvalue weighted by Gasteiger charge is -2.13. The zero-order valence-electron chi connectivity index (χ0n) is 12.8. The van der Waals surface area contributed by atoms with Crippen molar-refractivity contribution < 1.29 is 0 Å². The van der Waals surface area contributed by atoms with Crippen LogP contribution in [0, 0.1) is 0 Å². The lowest BCUT2D eigenvalue weighted by Crippen LogP contribution is -2.22. The molecule has 2 rings (SSSR count). The molecule has 0 spiro atoms. The summed E-state index contributed by atoms with van der Waals surface area (Å²) in [5.41, 5.74) is 2.73. The molecule has 3 nitrogen and oxygen atoms in total. The van der Waals surface area contributed by atoms with Gasteiger partial charge in [-0.25, -0.2) is 4.98 Å². The number of rotatable bonds is 7. The summed E-state index contributed by atoms with van der Waals surface area (Å²) in [6.07, 6.45) is 6.02. The first-order valence-electron chi connectivity index (χ1n) is 7.51. The van der Waals surface area contributed by atoms with Gasteiger partial charge in [-0.15, -0.1) is 0 Å². The lowest BCUT2D eigenvalue weighted by molar-refractivity contribution is 0.585. The van der Waals surface area contributed by atoms with E-state index in [1.165, 1.54) is 11.1 Å². The van der Waals surface area contributed by atoms with Crippen LogP contribution in [0.15, 0.2) is 36.7 Å². The first kappa shape index (κ1) is 14.8. The van der Waals surface area contributed by atoms with Gasteiger partial charge in [-0.3, -0.25) is 0 Å². The molecule has 108 valence electrons. The van der Waals surface area contributed by atoms with Crippen LogP contribution in [0.2, 0.25) is 0 Å². The number of hydrogen-bond acceptors (Lipinski definition) is 2. The van der Waals surface area contributed by atoms with Gasteiger partial charge in [-0.05, 0) is 17.5 Å². The SMILES string of the molecule is CCCn1ccnc1Cc1ccccc1CNC(C)C. The van der Waals surface area contributed by atoms with Crippen molar-refractivity contribution in [2.24, 2.45) is 0 Å². The van der Waals surface area contributed by atoms with Crippen LogP contribution >= 0.6 is 0 Å². The average molecular weight is 271 g/mol. The third-order valence-corrected chi connectivity index (χ3v) is 3.43.